The summed E-state index contributed by atoms with van der Waals surface area (Å²) in [7, 11) is 0. The van der Waals surface area contributed by atoms with Crippen molar-refractivity contribution in [2.75, 3.05) is 29.0 Å². The maximum absolute atomic E-state index is 13.2. The van der Waals surface area contributed by atoms with Gasteiger partial charge in [-0.3, -0.25) is 9.59 Å². The molecule has 1 atom stereocenters. The van der Waals surface area contributed by atoms with Gasteiger partial charge in [0.2, 0.25) is 5.91 Å². The molecule has 3 N–H and O–H groups in total. The van der Waals surface area contributed by atoms with Crippen molar-refractivity contribution in [2.45, 2.75) is 59.0 Å². The van der Waals surface area contributed by atoms with Gasteiger partial charge in [-0.15, -0.1) is 0 Å². The number of hydrogen-bond acceptors (Lipinski definition) is 7. The minimum Gasteiger partial charge on any atom is -0.364 e. The monoisotopic (exact) mass is 588 g/mol. The Labute approximate surface area is 251 Å². The molecule has 0 saturated carbocycles. The fourth-order valence-electron chi connectivity index (χ4n) is 5.42. The summed E-state index contributed by atoms with van der Waals surface area (Å²) >= 11 is 6.52. The Hall–Kier alpha value is -4.11. The van der Waals surface area contributed by atoms with E-state index in [0.717, 1.165) is 48.3 Å². The molecular formula is C32H37ClN6O3. The molecule has 0 aliphatic carbocycles. The van der Waals surface area contributed by atoms with Crippen molar-refractivity contribution in [2.24, 2.45) is 10.9 Å². The SMILES string of the molecule is C/C=C(Cl)\C1=N/C(C)Nc2cccc(c2)CCc2cc(ccc2NC(=O)CC2CCN(C(=O)c3cc(C)on3)CC2)N1. The number of amidine groups is 1. The molecule has 2 aliphatic heterocycles. The number of aliphatic imine (C=N–C) groups is 1. The van der Waals surface area contributed by atoms with E-state index in [4.69, 9.17) is 21.1 Å². The molecule has 2 aliphatic rings. The predicted molar refractivity (Wildman–Crippen MR) is 167 cm³/mol. The van der Waals surface area contributed by atoms with Crippen LogP contribution in [0.15, 0.2) is 69.2 Å². The van der Waals surface area contributed by atoms with E-state index in [1.165, 1.54) is 5.56 Å². The Morgan fingerprint density at radius 3 is 2.67 bits per heavy atom. The molecule has 2 aromatic carbocycles. The van der Waals surface area contributed by atoms with Gasteiger partial charge in [0.05, 0.1) is 5.03 Å². The predicted octanol–water partition coefficient (Wildman–Crippen LogP) is 6.37. The number of likely N-dealkylation sites (tertiary alicyclic amines) is 1. The van der Waals surface area contributed by atoms with Crippen LogP contribution in [-0.2, 0) is 17.6 Å². The molecule has 5 rings (SSSR count). The lowest BCUT2D eigenvalue weighted by atomic mass is 9.93. The quantitative estimate of drug-likeness (QED) is 0.319. The number of fused-ring (bicyclic) bond motifs is 4. The maximum atomic E-state index is 13.2. The van der Waals surface area contributed by atoms with E-state index in [0.29, 0.717) is 41.8 Å². The molecule has 1 unspecified atom stereocenters. The highest BCUT2D eigenvalue weighted by molar-refractivity contribution is 6.45. The van der Waals surface area contributed by atoms with Crippen LogP contribution >= 0.6 is 11.6 Å². The number of hydrogen-bond donors (Lipinski definition) is 3. The number of benzene rings is 2. The summed E-state index contributed by atoms with van der Waals surface area (Å²) in [6.07, 6.45) is 5.11. The van der Waals surface area contributed by atoms with Crippen LogP contribution in [-0.4, -0.2) is 47.0 Å². The van der Waals surface area contributed by atoms with Gasteiger partial charge in [-0.1, -0.05) is 35.0 Å². The van der Waals surface area contributed by atoms with Crippen molar-refractivity contribution in [3.05, 3.63) is 82.2 Å². The topological polar surface area (TPSA) is 112 Å². The van der Waals surface area contributed by atoms with Crippen molar-refractivity contribution in [1.82, 2.24) is 10.1 Å². The first-order valence-electron chi connectivity index (χ1n) is 14.4. The number of anilines is 3. The Kier molecular flexibility index (Phi) is 9.27. The van der Waals surface area contributed by atoms with E-state index in [1.54, 1.807) is 17.9 Å². The number of aryl methyl sites for hydroxylation is 3. The molecule has 1 aromatic heterocycles. The lowest BCUT2D eigenvalue weighted by Crippen LogP contribution is -2.39. The molecule has 42 heavy (non-hydrogen) atoms. The van der Waals surface area contributed by atoms with Gasteiger partial charge in [0.25, 0.3) is 5.91 Å². The summed E-state index contributed by atoms with van der Waals surface area (Å²) < 4.78 is 5.05. The van der Waals surface area contributed by atoms with Crippen molar-refractivity contribution in [3.63, 3.8) is 0 Å². The smallest absolute Gasteiger partial charge is 0.276 e. The summed E-state index contributed by atoms with van der Waals surface area (Å²) in [6.45, 7) is 6.82. The summed E-state index contributed by atoms with van der Waals surface area (Å²) in [5.74, 6) is 1.25. The van der Waals surface area contributed by atoms with E-state index >= 15 is 0 Å². The zero-order chi connectivity index (χ0) is 29.6. The molecule has 0 spiro atoms. The van der Waals surface area contributed by atoms with Crippen molar-refractivity contribution in [3.8, 4) is 0 Å². The molecule has 4 bridgehead atoms. The first-order chi connectivity index (χ1) is 20.3. The second-order valence-electron chi connectivity index (χ2n) is 10.9. The summed E-state index contributed by atoms with van der Waals surface area (Å²) in [4.78, 5) is 32.4. The van der Waals surface area contributed by atoms with E-state index in [-0.39, 0.29) is 23.9 Å². The first-order valence-corrected chi connectivity index (χ1v) is 14.8. The fourth-order valence-corrected chi connectivity index (χ4v) is 5.52. The van der Waals surface area contributed by atoms with E-state index in [2.05, 4.69) is 39.3 Å². The number of aromatic nitrogens is 1. The highest BCUT2D eigenvalue weighted by atomic mass is 35.5. The summed E-state index contributed by atoms with van der Waals surface area (Å²) in [6, 6.07) is 15.9. The average molecular weight is 589 g/mol. The van der Waals surface area contributed by atoms with Gasteiger partial charge < -0.3 is 25.4 Å². The molecular weight excluding hydrogens is 552 g/mol. The van der Waals surface area contributed by atoms with Gasteiger partial charge in [-0.25, -0.2) is 4.99 Å². The third-order valence-corrected chi connectivity index (χ3v) is 8.05. The minimum atomic E-state index is -0.202. The second kappa shape index (κ2) is 13.2. The average Bonchev–Trinajstić information content (AvgIpc) is 3.42. The number of halogens is 1. The highest BCUT2D eigenvalue weighted by Crippen LogP contribution is 2.27. The van der Waals surface area contributed by atoms with E-state index < -0.39 is 0 Å². The Morgan fingerprint density at radius 1 is 1.12 bits per heavy atom. The Balaban J connectivity index is 1.28. The summed E-state index contributed by atoms with van der Waals surface area (Å²) in [5, 5.41) is 14.3. The Bertz CT molecular complexity index is 1510. The normalized spacial score (nSPS) is 19.2. The zero-order valence-corrected chi connectivity index (χ0v) is 25.0. The molecule has 9 nitrogen and oxygen atoms in total. The molecule has 220 valence electrons. The van der Waals surface area contributed by atoms with Gasteiger partial charge in [-0.05, 0) is 93.8 Å². The fraction of sp³-hybridized carbons (Fsp3) is 0.375. The van der Waals surface area contributed by atoms with Gasteiger partial charge in [-0.2, -0.15) is 0 Å². The van der Waals surface area contributed by atoms with Crippen molar-refractivity contribution in [1.29, 1.82) is 0 Å². The molecule has 3 heterocycles. The number of rotatable bonds is 5. The lowest BCUT2D eigenvalue weighted by molar-refractivity contribution is -0.117. The van der Waals surface area contributed by atoms with Crippen LogP contribution in [0, 0.1) is 12.8 Å². The van der Waals surface area contributed by atoms with Gasteiger partial charge in [0.1, 0.15) is 17.8 Å². The van der Waals surface area contributed by atoms with Crippen LogP contribution in [0.2, 0.25) is 0 Å². The molecule has 1 saturated heterocycles. The van der Waals surface area contributed by atoms with Crippen molar-refractivity contribution < 1.29 is 14.1 Å². The van der Waals surface area contributed by atoms with Gasteiger partial charge in [0, 0.05) is 42.6 Å². The van der Waals surface area contributed by atoms with Crippen LogP contribution < -0.4 is 16.0 Å². The number of amides is 2. The Morgan fingerprint density at radius 2 is 1.93 bits per heavy atom. The molecule has 3 aromatic rings. The van der Waals surface area contributed by atoms with E-state index in [1.807, 2.05) is 44.2 Å². The number of allylic oxidation sites excluding steroid dienone is 1. The molecule has 2 amide bonds. The van der Waals surface area contributed by atoms with Gasteiger partial charge in [0.15, 0.2) is 5.69 Å². The lowest BCUT2D eigenvalue weighted by Gasteiger charge is -2.31. The van der Waals surface area contributed by atoms with Crippen LogP contribution in [0.25, 0.3) is 0 Å². The number of carbonyl (C=O) groups is 2. The number of carbonyl (C=O) groups excluding carboxylic acids is 2. The van der Waals surface area contributed by atoms with Gasteiger partial charge >= 0.3 is 0 Å². The maximum Gasteiger partial charge on any atom is 0.276 e. The summed E-state index contributed by atoms with van der Waals surface area (Å²) in [5.41, 5.74) is 5.19. The van der Waals surface area contributed by atoms with Crippen LogP contribution in [0.4, 0.5) is 17.1 Å². The van der Waals surface area contributed by atoms with E-state index in [9.17, 15) is 9.59 Å². The zero-order valence-electron chi connectivity index (χ0n) is 24.2. The third-order valence-electron chi connectivity index (χ3n) is 7.65. The standard InChI is InChI=1S/C32H37ClN6O3/c1-4-27(33)31-35-21(3)34-25-7-5-6-22(17-25)8-9-24-19-26(36-31)10-11-28(24)37-30(40)18-23-12-14-39(15-13-23)32(41)29-16-20(2)42-38-29/h4-7,10-11,16-17,19,21,23,34H,8-9,12-15,18H2,1-3H3,(H,35,36)(H,37,40)/b27-4+. The second-order valence-corrected chi connectivity index (χ2v) is 11.3. The van der Waals surface area contributed by atoms with Crippen molar-refractivity contribution >= 4 is 46.3 Å². The third kappa shape index (κ3) is 7.39. The minimum absolute atomic E-state index is 0.0222. The first kappa shape index (κ1) is 29.4. The number of nitrogens with one attached hydrogen (secondary N) is 3. The number of nitrogens with zero attached hydrogens (tertiary/aromatic N) is 3. The molecule has 0 radical (unpaired) electrons. The number of piperidine rings is 1. The molecule has 1 fully saturated rings. The van der Waals surface area contributed by atoms with Crippen LogP contribution in [0.1, 0.15) is 60.5 Å². The van der Waals surface area contributed by atoms with Crippen LogP contribution in [0.5, 0.6) is 0 Å². The largest absolute Gasteiger partial charge is 0.364 e. The van der Waals surface area contributed by atoms with Crippen LogP contribution in [0.3, 0.4) is 0 Å². The molecule has 10 heteroatoms. The highest BCUT2D eigenvalue weighted by Gasteiger charge is 2.27.